The fourth-order valence-corrected chi connectivity index (χ4v) is 0.655. The molecule has 0 aliphatic carbocycles. The van der Waals surface area contributed by atoms with Crippen LogP contribution in [0.5, 0.6) is 0 Å². The first kappa shape index (κ1) is 10.4. The standard InChI is InChI=1S/C8H18N2O/c1-5(2)10-8(11)6(3)7(4)9/h5-7H,9H2,1-4H3,(H,10,11). The van der Waals surface area contributed by atoms with Crippen LogP contribution in [-0.4, -0.2) is 18.0 Å². The summed E-state index contributed by atoms with van der Waals surface area (Å²) in [5.74, 6) is -0.0626. The number of carbonyl (C=O) groups excluding carboxylic acids is 1. The monoisotopic (exact) mass is 158 g/mol. The third kappa shape index (κ3) is 3.98. The molecule has 2 atom stereocenters. The summed E-state index contributed by atoms with van der Waals surface area (Å²) < 4.78 is 0. The number of hydrogen-bond donors (Lipinski definition) is 2. The highest BCUT2D eigenvalue weighted by Gasteiger charge is 2.16. The zero-order chi connectivity index (χ0) is 9.02. The summed E-state index contributed by atoms with van der Waals surface area (Å²) in [5.41, 5.74) is 5.55. The second kappa shape index (κ2) is 4.34. The maximum Gasteiger partial charge on any atom is 0.224 e. The molecule has 66 valence electrons. The Balaban J connectivity index is 3.83. The van der Waals surface area contributed by atoms with Gasteiger partial charge in [-0.2, -0.15) is 0 Å². The lowest BCUT2D eigenvalue weighted by atomic mass is 10.0. The third-order valence-electron chi connectivity index (χ3n) is 1.63. The fourth-order valence-electron chi connectivity index (χ4n) is 0.655. The van der Waals surface area contributed by atoms with Crippen molar-refractivity contribution in [2.24, 2.45) is 11.7 Å². The molecule has 0 aromatic heterocycles. The van der Waals surface area contributed by atoms with Gasteiger partial charge in [-0.1, -0.05) is 6.92 Å². The van der Waals surface area contributed by atoms with Gasteiger partial charge in [-0.05, 0) is 20.8 Å². The van der Waals surface area contributed by atoms with Crippen molar-refractivity contribution in [2.45, 2.75) is 39.8 Å². The van der Waals surface area contributed by atoms with Gasteiger partial charge in [-0.25, -0.2) is 0 Å². The van der Waals surface area contributed by atoms with Crippen LogP contribution in [0.2, 0.25) is 0 Å². The highest BCUT2D eigenvalue weighted by Crippen LogP contribution is 1.99. The molecule has 0 heterocycles. The number of carbonyl (C=O) groups is 1. The van der Waals surface area contributed by atoms with Gasteiger partial charge in [0.1, 0.15) is 0 Å². The largest absolute Gasteiger partial charge is 0.354 e. The second-order valence-corrected chi connectivity index (χ2v) is 3.31. The lowest BCUT2D eigenvalue weighted by Gasteiger charge is -2.16. The first-order chi connectivity index (χ1) is 4.95. The molecule has 0 aliphatic heterocycles. The average molecular weight is 158 g/mol. The lowest BCUT2D eigenvalue weighted by Crippen LogP contribution is -2.41. The van der Waals surface area contributed by atoms with Crippen molar-refractivity contribution >= 4 is 5.91 Å². The summed E-state index contributed by atoms with van der Waals surface area (Å²) in [6, 6.07) is 0.123. The Labute approximate surface area is 68.3 Å². The van der Waals surface area contributed by atoms with Crippen LogP contribution >= 0.6 is 0 Å². The third-order valence-corrected chi connectivity index (χ3v) is 1.63. The number of nitrogens with two attached hydrogens (primary N) is 1. The van der Waals surface area contributed by atoms with Crippen LogP contribution in [0, 0.1) is 5.92 Å². The Kier molecular flexibility index (Phi) is 4.11. The zero-order valence-corrected chi connectivity index (χ0v) is 7.72. The van der Waals surface area contributed by atoms with Crippen molar-refractivity contribution in [3.05, 3.63) is 0 Å². The average Bonchev–Trinajstić information content (AvgIpc) is 1.84. The van der Waals surface area contributed by atoms with E-state index in [2.05, 4.69) is 5.32 Å². The van der Waals surface area contributed by atoms with E-state index in [9.17, 15) is 4.79 Å². The Bertz CT molecular complexity index is 132. The first-order valence-corrected chi connectivity index (χ1v) is 4.01. The van der Waals surface area contributed by atoms with E-state index in [0.717, 1.165) is 0 Å². The van der Waals surface area contributed by atoms with E-state index >= 15 is 0 Å². The topological polar surface area (TPSA) is 55.1 Å². The number of nitrogens with one attached hydrogen (secondary N) is 1. The number of amides is 1. The molecule has 3 heteroatoms. The van der Waals surface area contributed by atoms with Crippen LogP contribution in [0.4, 0.5) is 0 Å². The van der Waals surface area contributed by atoms with Crippen molar-refractivity contribution in [2.75, 3.05) is 0 Å². The molecule has 0 aromatic carbocycles. The van der Waals surface area contributed by atoms with Crippen LogP contribution in [0.3, 0.4) is 0 Å². The van der Waals surface area contributed by atoms with Gasteiger partial charge >= 0.3 is 0 Å². The molecule has 0 saturated heterocycles. The highest BCUT2D eigenvalue weighted by atomic mass is 16.1. The van der Waals surface area contributed by atoms with Crippen molar-refractivity contribution < 1.29 is 4.79 Å². The number of hydrogen-bond acceptors (Lipinski definition) is 2. The molecule has 0 radical (unpaired) electrons. The van der Waals surface area contributed by atoms with Crippen LogP contribution < -0.4 is 11.1 Å². The fraction of sp³-hybridized carbons (Fsp3) is 0.875. The van der Waals surface area contributed by atoms with E-state index in [0.29, 0.717) is 0 Å². The minimum absolute atomic E-state index is 0.0370. The summed E-state index contributed by atoms with van der Waals surface area (Å²) in [6.07, 6.45) is 0. The molecular weight excluding hydrogens is 140 g/mol. The summed E-state index contributed by atoms with van der Waals surface area (Å²) in [6.45, 7) is 7.55. The SMILES string of the molecule is CC(C)NC(=O)C(C)C(C)N. The Morgan fingerprint density at radius 1 is 1.27 bits per heavy atom. The Hall–Kier alpha value is -0.570. The van der Waals surface area contributed by atoms with Crippen molar-refractivity contribution in [1.82, 2.24) is 5.32 Å². The van der Waals surface area contributed by atoms with Crippen LogP contribution in [0.1, 0.15) is 27.7 Å². The predicted molar refractivity (Wildman–Crippen MR) is 46.1 cm³/mol. The molecule has 2 unspecified atom stereocenters. The number of rotatable bonds is 3. The van der Waals surface area contributed by atoms with E-state index in [1.54, 1.807) is 0 Å². The van der Waals surface area contributed by atoms with E-state index in [-0.39, 0.29) is 23.9 Å². The van der Waals surface area contributed by atoms with Gasteiger partial charge in [-0.3, -0.25) is 4.79 Å². The summed E-state index contributed by atoms with van der Waals surface area (Å²) in [4.78, 5) is 11.2. The molecule has 11 heavy (non-hydrogen) atoms. The molecule has 0 spiro atoms. The maximum atomic E-state index is 11.2. The van der Waals surface area contributed by atoms with Gasteiger partial charge in [0.15, 0.2) is 0 Å². The molecule has 0 fully saturated rings. The van der Waals surface area contributed by atoms with E-state index < -0.39 is 0 Å². The summed E-state index contributed by atoms with van der Waals surface area (Å²) in [5, 5.41) is 2.80. The van der Waals surface area contributed by atoms with Gasteiger partial charge in [-0.15, -0.1) is 0 Å². The molecule has 3 N–H and O–H groups in total. The van der Waals surface area contributed by atoms with Crippen LogP contribution in [-0.2, 0) is 4.79 Å². The highest BCUT2D eigenvalue weighted by molar-refractivity contribution is 5.79. The van der Waals surface area contributed by atoms with Gasteiger partial charge in [0.05, 0.1) is 0 Å². The Morgan fingerprint density at radius 3 is 2.00 bits per heavy atom. The summed E-state index contributed by atoms with van der Waals surface area (Å²) in [7, 11) is 0. The van der Waals surface area contributed by atoms with E-state index in [1.807, 2.05) is 27.7 Å². The maximum absolute atomic E-state index is 11.2. The molecule has 3 nitrogen and oxygen atoms in total. The van der Waals surface area contributed by atoms with Crippen molar-refractivity contribution in [3.63, 3.8) is 0 Å². The van der Waals surface area contributed by atoms with Crippen LogP contribution in [0.25, 0.3) is 0 Å². The minimum atomic E-state index is -0.0996. The Morgan fingerprint density at radius 2 is 1.73 bits per heavy atom. The van der Waals surface area contributed by atoms with Crippen LogP contribution in [0.15, 0.2) is 0 Å². The smallest absolute Gasteiger partial charge is 0.224 e. The molecule has 0 saturated carbocycles. The predicted octanol–water partition coefficient (Wildman–Crippen LogP) is 0.494. The molecule has 1 amide bonds. The minimum Gasteiger partial charge on any atom is -0.354 e. The normalized spacial score (nSPS) is 16.2. The van der Waals surface area contributed by atoms with Gasteiger partial charge in [0, 0.05) is 18.0 Å². The first-order valence-electron chi connectivity index (χ1n) is 4.01. The van der Waals surface area contributed by atoms with E-state index in [1.165, 1.54) is 0 Å². The lowest BCUT2D eigenvalue weighted by molar-refractivity contribution is -0.125. The van der Waals surface area contributed by atoms with E-state index in [4.69, 9.17) is 5.73 Å². The molecule has 0 aromatic rings. The molecule has 0 bridgehead atoms. The van der Waals surface area contributed by atoms with Crippen molar-refractivity contribution in [3.8, 4) is 0 Å². The second-order valence-electron chi connectivity index (χ2n) is 3.31. The molecule has 0 rings (SSSR count). The summed E-state index contributed by atoms with van der Waals surface area (Å²) >= 11 is 0. The van der Waals surface area contributed by atoms with Crippen molar-refractivity contribution in [1.29, 1.82) is 0 Å². The molecular formula is C8H18N2O. The zero-order valence-electron chi connectivity index (χ0n) is 7.72. The van der Waals surface area contributed by atoms with Gasteiger partial charge < -0.3 is 11.1 Å². The van der Waals surface area contributed by atoms with Gasteiger partial charge in [0.25, 0.3) is 0 Å². The quantitative estimate of drug-likeness (QED) is 0.628. The molecule has 0 aliphatic rings. The van der Waals surface area contributed by atoms with Gasteiger partial charge in [0.2, 0.25) is 5.91 Å².